The van der Waals surface area contributed by atoms with Crippen LogP contribution in [0.15, 0.2) is 12.1 Å². The molecule has 1 aliphatic heterocycles. The van der Waals surface area contributed by atoms with E-state index < -0.39 is 0 Å². The fourth-order valence-electron chi connectivity index (χ4n) is 1.67. The number of carbonyl (C=O) groups is 1. The first-order valence-corrected chi connectivity index (χ1v) is 5.00. The van der Waals surface area contributed by atoms with Gasteiger partial charge in [-0.15, -0.1) is 0 Å². The predicted octanol–water partition coefficient (Wildman–Crippen LogP) is 0.645. The zero-order valence-electron chi connectivity index (χ0n) is 9.32. The molecule has 1 aromatic rings. The molecule has 1 amide bonds. The number of carbonyl (C=O) groups excluding carboxylic acids is 1. The standard InChI is InChI=1S/C11H14N2O3/c1-7-3-9-10(16-6-15-9)4-8(7)13(2)11(14)5-12/h3-4H,5-6,12H2,1-2H3. The van der Waals surface area contributed by atoms with Crippen molar-refractivity contribution in [2.75, 3.05) is 25.3 Å². The maximum atomic E-state index is 11.5. The molecule has 5 heteroatoms. The van der Waals surface area contributed by atoms with E-state index in [0.717, 1.165) is 17.0 Å². The van der Waals surface area contributed by atoms with Crippen LogP contribution < -0.4 is 20.1 Å². The number of anilines is 1. The van der Waals surface area contributed by atoms with E-state index in [9.17, 15) is 4.79 Å². The molecule has 1 aliphatic rings. The van der Waals surface area contributed by atoms with Crippen molar-refractivity contribution in [3.8, 4) is 11.5 Å². The summed E-state index contributed by atoms with van der Waals surface area (Å²) in [4.78, 5) is 13.0. The van der Waals surface area contributed by atoms with Crippen LogP contribution in [0.5, 0.6) is 11.5 Å². The summed E-state index contributed by atoms with van der Waals surface area (Å²) >= 11 is 0. The summed E-state index contributed by atoms with van der Waals surface area (Å²) in [6.07, 6.45) is 0. The lowest BCUT2D eigenvalue weighted by Crippen LogP contribution is -2.32. The predicted molar refractivity (Wildman–Crippen MR) is 59.8 cm³/mol. The van der Waals surface area contributed by atoms with Gasteiger partial charge in [-0.1, -0.05) is 0 Å². The van der Waals surface area contributed by atoms with Crippen LogP contribution in [0, 0.1) is 6.92 Å². The minimum absolute atomic E-state index is 0.00954. The van der Waals surface area contributed by atoms with Gasteiger partial charge in [-0.05, 0) is 18.6 Å². The number of nitrogens with zero attached hydrogens (tertiary/aromatic N) is 1. The number of rotatable bonds is 2. The van der Waals surface area contributed by atoms with Crippen LogP contribution in [-0.2, 0) is 4.79 Å². The number of hydrogen-bond acceptors (Lipinski definition) is 4. The topological polar surface area (TPSA) is 64.8 Å². The van der Waals surface area contributed by atoms with Crippen molar-refractivity contribution in [1.82, 2.24) is 0 Å². The molecule has 0 bridgehead atoms. The molecule has 16 heavy (non-hydrogen) atoms. The van der Waals surface area contributed by atoms with Gasteiger partial charge in [0.1, 0.15) is 0 Å². The van der Waals surface area contributed by atoms with Crippen molar-refractivity contribution in [2.24, 2.45) is 5.73 Å². The Labute approximate surface area is 93.7 Å². The number of ether oxygens (including phenoxy) is 2. The minimum atomic E-state index is -0.137. The fraction of sp³-hybridized carbons (Fsp3) is 0.364. The summed E-state index contributed by atoms with van der Waals surface area (Å²) in [5.41, 5.74) is 7.07. The van der Waals surface area contributed by atoms with E-state index >= 15 is 0 Å². The molecule has 2 rings (SSSR count). The van der Waals surface area contributed by atoms with Crippen molar-refractivity contribution in [3.63, 3.8) is 0 Å². The molecular formula is C11H14N2O3. The van der Waals surface area contributed by atoms with Crippen LogP contribution in [-0.4, -0.2) is 26.3 Å². The van der Waals surface area contributed by atoms with E-state index in [1.165, 1.54) is 4.90 Å². The second-order valence-corrected chi connectivity index (χ2v) is 3.65. The maximum Gasteiger partial charge on any atom is 0.240 e. The summed E-state index contributed by atoms with van der Waals surface area (Å²) in [6, 6.07) is 3.66. The molecule has 0 fully saturated rings. The van der Waals surface area contributed by atoms with Crippen molar-refractivity contribution >= 4 is 11.6 Å². The van der Waals surface area contributed by atoms with Gasteiger partial charge in [-0.2, -0.15) is 0 Å². The molecule has 0 saturated heterocycles. The van der Waals surface area contributed by atoms with Crippen LogP contribution in [0.25, 0.3) is 0 Å². The van der Waals surface area contributed by atoms with Gasteiger partial charge >= 0.3 is 0 Å². The molecule has 0 atom stereocenters. The molecule has 86 valence electrons. The van der Waals surface area contributed by atoms with E-state index in [1.807, 2.05) is 13.0 Å². The van der Waals surface area contributed by atoms with E-state index in [-0.39, 0.29) is 19.2 Å². The first kappa shape index (κ1) is 10.8. The van der Waals surface area contributed by atoms with Crippen LogP contribution in [0.3, 0.4) is 0 Å². The number of aryl methyl sites for hydroxylation is 1. The Kier molecular flexibility index (Phi) is 2.70. The van der Waals surface area contributed by atoms with Gasteiger partial charge in [0.05, 0.1) is 12.2 Å². The number of nitrogens with two attached hydrogens (primary N) is 1. The van der Waals surface area contributed by atoms with Gasteiger partial charge < -0.3 is 20.1 Å². The molecule has 5 nitrogen and oxygen atoms in total. The summed E-state index contributed by atoms with van der Waals surface area (Å²) in [5.74, 6) is 1.24. The number of benzene rings is 1. The SMILES string of the molecule is Cc1cc2c(cc1N(C)C(=O)CN)OCO2. The highest BCUT2D eigenvalue weighted by Gasteiger charge is 2.19. The Morgan fingerprint density at radius 1 is 1.44 bits per heavy atom. The second kappa shape index (κ2) is 4.02. The third kappa shape index (κ3) is 1.69. The molecule has 0 unspecified atom stereocenters. The lowest BCUT2D eigenvalue weighted by atomic mass is 10.1. The summed E-state index contributed by atoms with van der Waals surface area (Å²) in [6.45, 7) is 2.13. The lowest BCUT2D eigenvalue weighted by molar-refractivity contribution is -0.117. The Bertz CT molecular complexity index is 431. The zero-order chi connectivity index (χ0) is 11.7. The van der Waals surface area contributed by atoms with Gasteiger partial charge in [-0.25, -0.2) is 0 Å². The highest BCUT2D eigenvalue weighted by Crippen LogP contribution is 2.37. The van der Waals surface area contributed by atoms with Gasteiger partial charge in [-0.3, -0.25) is 4.79 Å². The molecule has 0 saturated carbocycles. The molecule has 1 heterocycles. The number of likely N-dealkylation sites (N-methyl/N-ethyl adjacent to an activating group) is 1. The Hall–Kier alpha value is -1.75. The normalized spacial score (nSPS) is 12.7. The van der Waals surface area contributed by atoms with Crippen molar-refractivity contribution in [1.29, 1.82) is 0 Å². The molecule has 1 aromatic carbocycles. The largest absolute Gasteiger partial charge is 0.454 e. The summed E-state index contributed by atoms with van der Waals surface area (Å²) in [7, 11) is 1.69. The molecule has 0 radical (unpaired) electrons. The van der Waals surface area contributed by atoms with E-state index in [4.69, 9.17) is 15.2 Å². The molecule has 0 aromatic heterocycles. The smallest absolute Gasteiger partial charge is 0.240 e. The third-order valence-corrected chi connectivity index (χ3v) is 2.60. The highest BCUT2D eigenvalue weighted by atomic mass is 16.7. The average molecular weight is 222 g/mol. The van der Waals surface area contributed by atoms with Crippen LogP contribution in [0.1, 0.15) is 5.56 Å². The monoisotopic (exact) mass is 222 g/mol. The van der Waals surface area contributed by atoms with Gasteiger partial charge in [0.25, 0.3) is 0 Å². The Morgan fingerprint density at radius 2 is 2.06 bits per heavy atom. The van der Waals surface area contributed by atoms with Crippen LogP contribution in [0.2, 0.25) is 0 Å². The third-order valence-electron chi connectivity index (χ3n) is 2.60. The number of amides is 1. The first-order valence-electron chi connectivity index (χ1n) is 5.00. The Balaban J connectivity index is 2.38. The lowest BCUT2D eigenvalue weighted by Gasteiger charge is -2.19. The minimum Gasteiger partial charge on any atom is -0.454 e. The first-order chi connectivity index (χ1) is 7.63. The second-order valence-electron chi connectivity index (χ2n) is 3.65. The number of fused-ring (bicyclic) bond motifs is 1. The molecule has 2 N–H and O–H groups in total. The zero-order valence-corrected chi connectivity index (χ0v) is 9.32. The molecule has 0 aliphatic carbocycles. The summed E-state index contributed by atoms with van der Waals surface area (Å²) in [5, 5.41) is 0. The highest BCUT2D eigenvalue weighted by molar-refractivity contribution is 5.95. The van der Waals surface area contributed by atoms with Gasteiger partial charge in [0.2, 0.25) is 12.7 Å². The fourth-order valence-corrected chi connectivity index (χ4v) is 1.67. The summed E-state index contributed by atoms with van der Waals surface area (Å²) < 4.78 is 10.5. The number of hydrogen-bond donors (Lipinski definition) is 1. The van der Waals surface area contributed by atoms with E-state index in [0.29, 0.717) is 5.75 Å². The van der Waals surface area contributed by atoms with Gasteiger partial charge in [0.15, 0.2) is 11.5 Å². The maximum absolute atomic E-state index is 11.5. The Morgan fingerprint density at radius 3 is 2.69 bits per heavy atom. The van der Waals surface area contributed by atoms with Crippen LogP contribution in [0.4, 0.5) is 5.69 Å². The molecule has 0 spiro atoms. The van der Waals surface area contributed by atoms with E-state index in [2.05, 4.69) is 0 Å². The van der Waals surface area contributed by atoms with Crippen molar-refractivity contribution in [3.05, 3.63) is 17.7 Å². The van der Waals surface area contributed by atoms with E-state index in [1.54, 1.807) is 13.1 Å². The van der Waals surface area contributed by atoms with Crippen molar-refractivity contribution in [2.45, 2.75) is 6.92 Å². The van der Waals surface area contributed by atoms with Crippen LogP contribution >= 0.6 is 0 Å². The van der Waals surface area contributed by atoms with Gasteiger partial charge in [0, 0.05) is 13.1 Å². The average Bonchev–Trinajstić information content (AvgIpc) is 2.72. The quantitative estimate of drug-likeness (QED) is 0.797. The molecular weight excluding hydrogens is 208 g/mol. The van der Waals surface area contributed by atoms with Crippen molar-refractivity contribution < 1.29 is 14.3 Å².